The number of aldehydes is 1. The SMILES string of the molecule is CC.CNC.COc1ccc(C=O)cc1OC. The molecule has 1 aromatic carbocycles. The van der Waals surface area contributed by atoms with Gasteiger partial charge in [0.05, 0.1) is 14.2 Å². The Morgan fingerprint density at radius 1 is 1.06 bits per heavy atom. The number of ether oxygens (including phenoxy) is 2. The molecule has 0 spiro atoms. The Labute approximate surface area is 104 Å². The fourth-order valence-corrected chi connectivity index (χ4v) is 0.926. The number of methoxy groups -OCH3 is 2. The van der Waals surface area contributed by atoms with E-state index in [1.165, 1.54) is 7.11 Å². The molecule has 98 valence electrons. The number of rotatable bonds is 3. The molecule has 0 unspecified atom stereocenters. The molecule has 4 heteroatoms. The van der Waals surface area contributed by atoms with Gasteiger partial charge in [-0.2, -0.15) is 0 Å². The van der Waals surface area contributed by atoms with Crippen molar-refractivity contribution in [3.05, 3.63) is 23.8 Å². The van der Waals surface area contributed by atoms with E-state index < -0.39 is 0 Å². The Morgan fingerprint density at radius 2 is 1.53 bits per heavy atom. The molecule has 0 aliphatic rings. The van der Waals surface area contributed by atoms with Crippen LogP contribution in [-0.4, -0.2) is 34.6 Å². The fraction of sp³-hybridized carbons (Fsp3) is 0.462. The van der Waals surface area contributed by atoms with E-state index in [0.29, 0.717) is 17.1 Å². The number of carbonyl (C=O) groups excluding carboxylic acids is 1. The van der Waals surface area contributed by atoms with Crippen molar-refractivity contribution in [3.63, 3.8) is 0 Å². The lowest BCUT2D eigenvalue weighted by Crippen LogP contribution is -1.91. The largest absolute Gasteiger partial charge is 0.493 e. The first-order chi connectivity index (χ1) is 8.23. The average Bonchev–Trinajstić information content (AvgIpc) is 2.41. The average molecular weight is 241 g/mol. The number of hydrogen-bond acceptors (Lipinski definition) is 4. The molecule has 0 saturated heterocycles. The van der Waals surface area contributed by atoms with Gasteiger partial charge >= 0.3 is 0 Å². The molecule has 0 atom stereocenters. The zero-order valence-electron chi connectivity index (χ0n) is 11.5. The van der Waals surface area contributed by atoms with E-state index in [1.807, 2.05) is 27.9 Å². The third-order valence-electron chi connectivity index (χ3n) is 1.54. The fourth-order valence-electron chi connectivity index (χ4n) is 0.926. The lowest BCUT2D eigenvalue weighted by atomic mass is 10.2. The minimum absolute atomic E-state index is 0.571. The van der Waals surface area contributed by atoms with Crippen molar-refractivity contribution in [1.82, 2.24) is 5.32 Å². The molecule has 0 bridgehead atoms. The molecule has 1 N–H and O–H groups in total. The lowest BCUT2D eigenvalue weighted by Gasteiger charge is -2.06. The number of nitrogens with one attached hydrogen (secondary N) is 1. The summed E-state index contributed by atoms with van der Waals surface area (Å²) in [5.41, 5.74) is 0.577. The molecular formula is C13H23NO3. The molecule has 0 fully saturated rings. The summed E-state index contributed by atoms with van der Waals surface area (Å²) in [5, 5.41) is 2.75. The first kappa shape index (κ1) is 17.8. The lowest BCUT2D eigenvalue weighted by molar-refractivity contribution is 0.112. The predicted octanol–water partition coefficient (Wildman–Crippen LogP) is 2.38. The summed E-state index contributed by atoms with van der Waals surface area (Å²) in [7, 11) is 6.84. The van der Waals surface area contributed by atoms with Gasteiger partial charge in [-0.25, -0.2) is 0 Å². The normalized spacial score (nSPS) is 7.88. The van der Waals surface area contributed by atoms with Crippen molar-refractivity contribution in [2.75, 3.05) is 28.3 Å². The van der Waals surface area contributed by atoms with Crippen molar-refractivity contribution in [1.29, 1.82) is 0 Å². The maximum absolute atomic E-state index is 10.4. The van der Waals surface area contributed by atoms with Crippen molar-refractivity contribution < 1.29 is 14.3 Å². The van der Waals surface area contributed by atoms with Crippen LogP contribution in [0.2, 0.25) is 0 Å². The van der Waals surface area contributed by atoms with Gasteiger partial charge in [0, 0.05) is 5.56 Å². The quantitative estimate of drug-likeness (QED) is 0.825. The van der Waals surface area contributed by atoms with E-state index in [2.05, 4.69) is 5.32 Å². The number of carbonyl (C=O) groups is 1. The van der Waals surface area contributed by atoms with Crippen LogP contribution in [0.15, 0.2) is 18.2 Å². The molecule has 0 heterocycles. The summed E-state index contributed by atoms with van der Waals surface area (Å²) in [5.74, 6) is 1.20. The Kier molecular flexibility index (Phi) is 13.1. The van der Waals surface area contributed by atoms with E-state index in [1.54, 1.807) is 25.3 Å². The standard InChI is InChI=1S/C9H10O3.C2H7N.C2H6/c1-11-8-4-3-7(6-10)5-9(8)12-2;1-3-2;1-2/h3-6H,1-2H3;3H,1-2H3;1-2H3. The van der Waals surface area contributed by atoms with E-state index in [-0.39, 0.29) is 0 Å². The second-order valence-corrected chi connectivity index (χ2v) is 2.73. The van der Waals surface area contributed by atoms with Gasteiger partial charge in [-0.05, 0) is 32.3 Å². The van der Waals surface area contributed by atoms with E-state index in [0.717, 1.165) is 6.29 Å². The van der Waals surface area contributed by atoms with Crippen LogP contribution in [0.3, 0.4) is 0 Å². The minimum Gasteiger partial charge on any atom is -0.493 e. The van der Waals surface area contributed by atoms with Gasteiger partial charge in [0.25, 0.3) is 0 Å². The van der Waals surface area contributed by atoms with E-state index >= 15 is 0 Å². The molecule has 17 heavy (non-hydrogen) atoms. The van der Waals surface area contributed by atoms with Gasteiger partial charge in [0.2, 0.25) is 0 Å². The smallest absolute Gasteiger partial charge is 0.161 e. The van der Waals surface area contributed by atoms with Gasteiger partial charge in [-0.3, -0.25) is 4.79 Å². The zero-order chi connectivity index (χ0) is 13.7. The van der Waals surface area contributed by atoms with Crippen molar-refractivity contribution >= 4 is 6.29 Å². The van der Waals surface area contributed by atoms with Crippen molar-refractivity contribution in [3.8, 4) is 11.5 Å². The van der Waals surface area contributed by atoms with Gasteiger partial charge in [0.1, 0.15) is 6.29 Å². The van der Waals surface area contributed by atoms with Crippen LogP contribution >= 0.6 is 0 Å². The van der Waals surface area contributed by atoms with Crippen LogP contribution in [0, 0.1) is 0 Å². The monoisotopic (exact) mass is 241 g/mol. The Balaban J connectivity index is 0. The summed E-state index contributed by atoms with van der Waals surface area (Å²) in [6.45, 7) is 4.00. The highest BCUT2D eigenvalue weighted by Gasteiger charge is 2.02. The van der Waals surface area contributed by atoms with Crippen molar-refractivity contribution in [2.45, 2.75) is 13.8 Å². The first-order valence-corrected chi connectivity index (χ1v) is 5.49. The summed E-state index contributed by atoms with van der Waals surface area (Å²) >= 11 is 0. The van der Waals surface area contributed by atoms with Gasteiger partial charge in [0.15, 0.2) is 11.5 Å². The molecule has 0 radical (unpaired) electrons. The molecule has 1 aromatic rings. The van der Waals surface area contributed by atoms with E-state index in [4.69, 9.17) is 9.47 Å². The Bertz CT molecular complexity index is 301. The highest BCUT2D eigenvalue weighted by atomic mass is 16.5. The van der Waals surface area contributed by atoms with Crippen LogP contribution in [0.1, 0.15) is 24.2 Å². The Hall–Kier alpha value is -1.55. The molecule has 0 aromatic heterocycles. The van der Waals surface area contributed by atoms with Gasteiger partial charge in [-0.15, -0.1) is 0 Å². The maximum Gasteiger partial charge on any atom is 0.161 e. The summed E-state index contributed by atoms with van der Waals surface area (Å²) in [6, 6.07) is 5.00. The molecule has 0 aliphatic heterocycles. The van der Waals surface area contributed by atoms with Crippen LogP contribution in [0.25, 0.3) is 0 Å². The molecular weight excluding hydrogens is 218 g/mol. The minimum atomic E-state index is 0.571. The van der Waals surface area contributed by atoms with E-state index in [9.17, 15) is 4.79 Å². The second-order valence-electron chi connectivity index (χ2n) is 2.73. The third kappa shape index (κ3) is 7.36. The maximum atomic E-state index is 10.4. The first-order valence-electron chi connectivity index (χ1n) is 5.49. The van der Waals surface area contributed by atoms with Gasteiger partial charge < -0.3 is 14.8 Å². The number of benzene rings is 1. The summed E-state index contributed by atoms with van der Waals surface area (Å²) in [4.78, 5) is 10.4. The third-order valence-corrected chi connectivity index (χ3v) is 1.54. The second kappa shape index (κ2) is 12.5. The summed E-state index contributed by atoms with van der Waals surface area (Å²) in [6.07, 6.45) is 0.766. The molecule has 0 aliphatic carbocycles. The highest BCUT2D eigenvalue weighted by molar-refractivity contribution is 5.76. The van der Waals surface area contributed by atoms with Crippen LogP contribution in [0.4, 0.5) is 0 Å². The van der Waals surface area contributed by atoms with Crippen molar-refractivity contribution in [2.24, 2.45) is 0 Å². The summed E-state index contributed by atoms with van der Waals surface area (Å²) < 4.78 is 9.99. The molecule has 1 rings (SSSR count). The predicted molar refractivity (Wildman–Crippen MR) is 71.3 cm³/mol. The van der Waals surface area contributed by atoms with Crippen LogP contribution in [-0.2, 0) is 0 Å². The zero-order valence-corrected chi connectivity index (χ0v) is 11.5. The number of hydrogen-bond donors (Lipinski definition) is 1. The van der Waals surface area contributed by atoms with Gasteiger partial charge in [-0.1, -0.05) is 13.8 Å². The molecule has 4 nitrogen and oxygen atoms in total. The highest BCUT2D eigenvalue weighted by Crippen LogP contribution is 2.26. The van der Waals surface area contributed by atoms with Crippen LogP contribution in [0.5, 0.6) is 11.5 Å². The topological polar surface area (TPSA) is 47.6 Å². The molecule has 0 amide bonds. The molecule has 0 saturated carbocycles. The Morgan fingerprint density at radius 3 is 1.88 bits per heavy atom. The van der Waals surface area contributed by atoms with Crippen LogP contribution < -0.4 is 14.8 Å².